The molecule has 0 aromatic heterocycles. The Morgan fingerprint density at radius 3 is 1.84 bits per heavy atom. The van der Waals surface area contributed by atoms with Gasteiger partial charge in [0.15, 0.2) is 0 Å². The fraction of sp³-hybridized carbons (Fsp3) is 0.625. The average molecular weight is 391 g/mol. The number of hydrogen-bond acceptors (Lipinski definition) is 2. The van der Waals surface area contributed by atoms with Crippen LogP contribution in [0.5, 0.6) is 0 Å². The highest BCUT2D eigenvalue weighted by Gasteiger charge is 2.37. The molecule has 2 nitrogen and oxygen atoms in total. The first kappa shape index (κ1) is 22.1. The third-order valence-electron chi connectivity index (χ3n) is 4.25. The van der Waals surface area contributed by atoms with E-state index in [-0.39, 0.29) is 30.6 Å². The van der Waals surface area contributed by atoms with E-state index in [1.807, 2.05) is 11.9 Å². The molecule has 1 heterocycles. The number of halogens is 7. The lowest BCUT2D eigenvalue weighted by Gasteiger charge is -2.32. The van der Waals surface area contributed by atoms with Crippen molar-refractivity contribution >= 4 is 12.4 Å². The minimum absolute atomic E-state index is 0. The van der Waals surface area contributed by atoms with Crippen LogP contribution in [0.3, 0.4) is 0 Å². The van der Waals surface area contributed by atoms with E-state index in [1.54, 1.807) is 0 Å². The SMILES string of the molecule is CNCC1CCN(Cc2cc(C(F)(F)F)cc(C(F)(F)F)c2)CC1.Cl. The summed E-state index contributed by atoms with van der Waals surface area (Å²) in [5, 5.41) is 3.08. The summed E-state index contributed by atoms with van der Waals surface area (Å²) in [6, 6.07) is 1.80. The minimum atomic E-state index is -4.80. The predicted molar refractivity (Wildman–Crippen MR) is 85.6 cm³/mol. The van der Waals surface area contributed by atoms with Gasteiger partial charge in [-0.25, -0.2) is 0 Å². The molecule has 0 spiro atoms. The average Bonchev–Trinajstić information content (AvgIpc) is 2.47. The second-order valence-electron chi connectivity index (χ2n) is 6.19. The maximum absolute atomic E-state index is 12.9. The van der Waals surface area contributed by atoms with Gasteiger partial charge < -0.3 is 5.32 Å². The Morgan fingerprint density at radius 1 is 0.960 bits per heavy atom. The highest BCUT2D eigenvalue weighted by molar-refractivity contribution is 5.85. The van der Waals surface area contributed by atoms with Gasteiger partial charge in [-0.1, -0.05) is 0 Å². The first-order chi connectivity index (χ1) is 11.1. The van der Waals surface area contributed by atoms with E-state index < -0.39 is 23.5 Å². The molecule has 1 N–H and O–H groups in total. The zero-order chi connectivity index (χ0) is 18.0. The number of rotatable bonds is 4. The summed E-state index contributed by atoms with van der Waals surface area (Å²) in [7, 11) is 1.85. The van der Waals surface area contributed by atoms with Crippen molar-refractivity contribution in [2.24, 2.45) is 5.92 Å². The monoisotopic (exact) mass is 390 g/mol. The maximum atomic E-state index is 12.9. The van der Waals surface area contributed by atoms with E-state index in [9.17, 15) is 26.3 Å². The van der Waals surface area contributed by atoms with Crippen molar-refractivity contribution in [2.75, 3.05) is 26.7 Å². The molecule has 0 radical (unpaired) electrons. The van der Waals surface area contributed by atoms with Gasteiger partial charge >= 0.3 is 12.4 Å². The Labute approximate surface area is 149 Å². The van der Waals surface area contributed by atoms with Crippen LogP contribution in [0.1, 0.15) is 29.5 Å². The molecule has 0 atom stereocenters. The fourth-order valence-electron chi connectivity index (χ4n) is 3.01. The van der Waals surface area contributed by atoms with Crippen LogP contribution in [0.15, 0.2) is 18.2 Å². The molecule has 0 saturated carbocycles. The first-order valence-corrected chi connectivity index (χ1v) is 7.75. The van der Waals surface area contributed by atoms with E-state index >= 15 is 0 Å². The summed E-state index contributed by atoms with van der Waals surface area (Å²) in [6.07, 6.45) is -7.83. The molecule has 1 aliphatic heterocycles. The summed E-state index contributed by atoms with van der Waals surface area (Å²) in [5.41, 5.74) is -2.46. The number of likely N-dealkylation sites (tertiary alicyclic amines) is 1. The van der Waals surface area contributed by atoms with Gasteiger partial charge in [0.1, 0.15) is 0 Å². The van der Waals surface area contributed by atoms with Crippen LogP contribution in [0, 0.1) is 5.92 Å². The molecule has 1 aromatic rings. The number of hydrogen-bond donors (Lipinski definition) is 1. The van der Waals surface area contributed by atoms with Crippen LogP contribution in [0.2, 0.25) is 0 Å². The zero-order valence-electron chi connectivity index (χ0n) is 13.7. The highest BCUT2D eigenvalue weighted by Crippen LogP contribution is 2.36. The minimum Gasteiger partial charge on any atom is -0.319 e. The highest BCUT2D eigenvalue weighted by atomic mass is 35.5. The van der Waals surface area contributed by atoms with Crippen molar-refractivity contribution in [2.45, 2.75) is 31.7 Å². The van der Waals surface area contributed by atoms with Crippen molar-refractivity contribution in [3.8, 4) is 0 Å². The van der Waals surface area contributed by atoms with Crippen LogP contribution < -0.4 is 5.32 Å². The quantitative estimate of drug-likeness (QED) is 0.757. The van der Waals surface area contributed by atoms with Gasteiger partial charge in [0.25, 0.3) is 0 Å². The fourth-order valence-corrected chi connectivity index (χ4v) is 3.01. The first-order valence-electron chi connectivity index (χ1n) is 7.75. The number of nitrogens with zero attached hydrogens (tertiary/aromatic N) is 1. The van der Waals surface area contributed by atoms with Crippen molar-refractivity contribution in [1.29, 1.82) is 0 Å². The molecule has 1 aliphatic rings. The van der Waals surface area contributed by atoms with Crippen LogP contribution in [0.25, 0.3) is 0 Å². The molecule has 1 saturated heterocycles. The molecule has 1 fully saturated rings. The third kappa shape index (κ3) is 6.34. The summed E-state index contributed by atoms with van der Waals surface area (Å²) in [5.74, 6) is 0.499. The molecule has 25 heavy (non-hydrogen) atoms. The number of nitrogens with one attached hydrogen (secondary N) is 1. The summed E-state index contributed by atoms with van der Waals surface area (Å²) in [6.45, 7) is 2.31. The Balaban J connectivity index is 0.00000312. The molecule has 0 amide bonds. The van der Waals surface area contributed by atoms with Crippen LogP contribution >= 0.6 is 12.4 Å². The topological polar surface area (TPSA) is 15.3 Å². The molecule has 0 unspecified atom stereocenters. The van der Waals surface area contributed by atoms with Gasteiger partial charge in [0.05, 0.1) is 11.1 Å². The van der Waals surface area contributed by atoms with E-state index in [1.165, 1.54) is 0 Å². The smallest absolute Gasteiger partial charge is 0.319 e. The Kier molecular flexibility index (Phi) is 7.58. The molecule has 1 aromatic carbocycles. The van der Waals surface area contributed by atoms with Gasteiger partial charge in [-0.3, -0.25) is 4.90 Å². The lowest BCUT2D eigenvalue weighted by molar-refractivity contribution is -0.143. The van der Waals surface area contributed by atoms with Crippen molar-refractivity contribution < 1.29 is 26.3 Å². The van der Waals surface area contributed by atoms with E-state index in [4.69, 9.17) is 0 Å². The van der Waals surface area contributed by atoms with Gasteiger partial charge in [-0.15, -0.1) is 12.4 Å². The molecule has 0 bridgehead atoms. The van der Waals surface area contributed by atoms with E-state index in [2.05, 4.69) is 5.32 Å². The van der Waals surface area contributed by atoms with Gasteiger partial charge in [-0.2, -0.15) is 26.3 Å². The maximum Gasteiger partial charge on any atom is 0.416 e. The molecule has 0 aliphatic carbocycles. The molecule has 9 heteroatoms. The van der Waals surface area contributed by atoms with Crippen LogP contribution in [-0.2, 0) is 18.9 Å². The van der Waals surface area contributed by atoms with Crippen LogP contribution in [0.4, 0.5) is 26.3 Å². The number of benzene rings is 1. The third-order valence-corrected chi connectivity index (χ3v) is 4.25. The zero-order valence-corrected chi connectivity index (χ0v) is 14.5. The summed E-state index contributed by atoms with van der Waals surface area (Å²) < 4.78 is 77.2. The molecule has 144 valence electrons. The van der Waals surface area contributed by atoms with Crippen molar-refractivity contribution in [3.63, 3.8) is 0 Å². The molecule has 2 rings (SSSR count). The number of piperidine rings is 1. The van der Waals surface area contributed by atoms with Crippen molar-refractivity contribution in [1.82, 2.24) is 10.2 Å². The Morgan fingerprint density at radius 2 is 1.44 bits per heavy atom. The second kappa shape index (κ2) is 8.60. The Hall–Kier alpha value is -0.990. The standard InChI is InChI=1S/C16H20F6N2.ClH/c1-23-9-11-2-4-24(5-3-11)10-12-6-13(15(17,18)19)8-14(7-12)16(20,21)22;/h6-8,11,23H,2-5,9-10H2,1H3;1H. The normalized spacial score (nSPS) is 17.4. The predicted octanol–water partition coefficient (Wildman–Crippen LogP) is 4.58. The second-order valence-corrected chi connectivity index (χ2v) is 6.19. The number of alkyl halides is 6. The van der Waals surface area contributed by atoms with Gasteiger partial charge in [0.2, 0.25) is 0 Å². The molecular weight excluding hydrogens is 370 g/mol. The van der Waals surface area contributed by atoms with Crippen LogP contribution in [-0.4, -0.2) is 31.6 Å². The largest absolute Gasteiger partial charge is 0.416 e. The Bertz CT molecular complexity index is 518. The van der Waals surface area contributed by atoms with Crippen molar-refractivity contribution in [3.05, 3.63) is 34.9 Å². The lowest BCUT2D eigenvalue weighted by Crippen LogP contribution is -2.36. The summed E-state index contributed by atoms with van der Waals surface area (Å²) >= 11 is 0. The molecular formula is C16H21ClF6N2. The van der Waals surface area contributed by atoms with E-state index in [0.717, 1.165) is 31.5 Å². The summed E-state index contributed by atoms with van der Waals surface area (Å²) in [4.78, 5) is 1.90. The van der Waals surface area contributed by atoms with Gasteiger partial charge in [0, 0.05) is 6.54 Å². The van der Waals surface area contributed by atoms with Gasteiger partial charge in [-0.05, 0) is 69.2 Å². The lowest BCUT2D eigenvalue weighted by atomic mass is 9.96. The van der Waals surface area contributed by atoms with E-state index in [0.29, 0.717) is 19.0 Å².